The molecule has 0 aliphatic carbocycles. The predicted molar refractivity (Wildman–Crippen MR) is 117 cm³/mol. The molecule has 0 radical (unpaired) electrons. The number of phenolic OH excluding ortho intramolecular Hbond substituents is 1. The van der Waals surface area contributed by atoms with Crippen molar-refractivity contribution in [3.63, 3.8) is 0 Å². The normalized spacial score (nSPS) is 18.1. The molecule has 1 fully saturated rings. The molecule has 2 aromatic heterocycles. The van der Waals surface area contributed by atoms with Crippen molar-refractivity contribution in [3.05, 3.63) is 42.9 Å². The number of imidazole rings is 1. The largest absolute Gasteiger partial charge is 0.507 e. The summed E-state index contributed by atoms with van der Waals surface area (Å²) in [6.07, 6.45) is 6.13. The maximum atomic E-state index is 13.2. The van der Waals surface area contributed by atoms with E-state index in [1.807, 2.05) is 7.05 Å². The van der Waals surface area contributed by atoms with Gasteiger partial charge >= 0.3 is 0 Å². The highest BCUT2D eigenvalue weighted by Gasteiger charge is 2.39. The van der Waals surface area contributed by atoms with Crippen LogP contribution in [-0.4, -0.2) is 54.0 Å². The van der Waals surface area contributed by atoms with Gasteiger partial charge in [-0.3, -0.25) is 0 Å². The van der Waals surface area contributed by atoms with E-state index >= 15 is 0 Å². The zero-order valence-corrected chi connectivity index (χ0v) is 18.5. The highest BCUT2D eigenvalue weighted by molar-refractivity contribution is 5.68. The van der Waals surface area contributed by atoms with Gasteiger partial charge in [0.2, 0.25) is 11.9 Å². The standard InChI is InChI=1S/C22H28FN7O/c1-21(2)9-15(10-22(3,4)28-21)29(5)20-24-11-17(26-27-20)16-7-6-14(8-18(16)31)30-12-19(23)25-13-30/h6-8,11-13,15,28,31H,9-10H2,1-5H3. The molecule has 0 spiro atoms. The first-order chi connectivity index (χ1) is 14.5. The van der Waals surface area contributed by atoms with Crippen LogP contribution >= 0.6 is 0 Å². The summed E-state index contributed by atoms with van der Waals surface area (Å²) in [6, 6.07) is 5.26. The average Bonchev–Trinajstić information content (AvgIpc) is 3.11. The first-order valence-electron chi connectivity index (χ1n) is 10.3. The number of anilines is 1. The molecule has 9 heteroatoms. The van der Waals surface area contributed by atoms with E-state index in [1.165, 1.54) is 23.2 Å². The Balaban J connectivity index is 1.54. The van der Waals surface area contributed by atoms with Gasteiger partial charge in [0, 0.05) is 35.8 Å². The van der Waals surface area contributed by atoms with Crippen LogP contribution in [0.15, 0.2) is 36.9 Å². The number of hydrogen-bond donors (Lipinski definition) is 2. The van der Waals surface area contributed by atoms with E-state index < -0.39 is 5.95 Å². The van der Waals surface area contributed by atoms with Crippen LogP contribution in [0.3, 0.4) is 0 Å². The quantitative estimate of drug-likeness (QED) is 0.662. The average molecular weight is 426 g/mol. The van der Waals surface area contributed by atoms with Gasteiger partial charge in [-0.05, 0) is 52.7 Å². The summed E-state index contributed by atoms with van der Waals surface area (Å²) in [7, 11) is 2.00. The molecule has 2 N–H and O–H groups in total. The van der Waals surface area contributed by atoms with Gasteiger partial charge < -0.3 is 19.9 Å². The molecule has 0 unspecified atom stereocenters. The van der Waals surface area contributed by atoms with Crippen LogP contribution in [-0.2, 0) is 0 Å². The van der Waals surface area contributed by atoms with E-state index in [1.54, 1.807) is 18.3 Å². The summed E-state index contributed by atoms with van der Waals surface area (Å²) in [5, 5.41) is 22.8. The fourth-order valence-corrected chi connectivity index (χ4v) is 4.60. The van der Waals surface area contributed by atoms with Crippen LogP contribution in [0.2, 0.25) is 0 Å². The third-order valence-electron chi connectivity index (χ3n) is 5.69. The van der Waals surface area contributed by atoms with Crippen molar-refractivity contribution in [2.75, 3.05) is 11.9 Å². The number of aromatic hydroxyl groups is 1. The van der Waals surface area contributed by atoms with Gasteiger partial charge in [0.05, 0.1) is 18.1 Å². The lowest BCUT2D eigenvalue weighted by Gasteiger charge is -2.48. The number of hydrogen-bond acceptors (Lipinski definition) is 7. The number of piperidine rings is 1. The SMILES string of the molecule is CN(c1ncc(-c2ccc(-n3cnc(F)c3)cc2O)nn1)C1CC(C)(C)NC(C)(C)C1. The minimum absolute atomic E-state index is 0.00525. The lowest BCUT2D eigenvalue weighted by molar-refractivity contribution is 0.160. The Morgan fingerprint density at radius 3 is 2.39 bits per heavy atom. The summed E-state index contributed by atoms with van der Waals surface area (Å²) >= 11 is 0. The summed E-state index contributed by atoms with van der Waals surface area (Å²) in [4.78, 5) is 10.1. The van der Waals surface area contributed by atoms with Crippen LogP contribution < -0.4 is 10.2 Å². The van der Waals surface area contributed by atoms with Crippen molar-refractivity contribution in [2.24, 2.45) is 0 Å². The third-order valence-corrected chi connectivity index (χ3v) is 5.69. The minimum Gasteiger partial charge on any atom is -0.507 e. The number of phenols is 1. The van der Waals surface area contributed by atoms with Gasteiger partial charge in [0.25, 0.3) is 0 Å². The Morgan fingerprint density at radius 2 is 1.84 bits per heavy atom. The van der Waals surface area contributed by atoms with Gasteiger partial charge in [0.15, 0.2) is 0 Å². The van der Waals surface area contributed by atoms with Crippen molar-refractivity contribution < 1.29 is 9.50 Å². The molecule has 0 atom stereocenters. The Kier molecular flexibility index (Phi) is 5.17. The van der Waals surface area contributed by atoms with Crippen LogP contribution in [0, 0.1) is 5.95 Å². The maximum absolute atomic E-state index is 13.2. The first-order valence-corrected chi connectivity index (χ1v) is 10.3. The van der Waals surface area contributed by atoms with Crippen LogP contribution in [0.4, 0.5) is 10.3 Å². The summed E-state index contributed by atoms with van der Waals surface area (Å²) < 4.78 is 14.6. The number of rotatable bonds is 4. The lowest BCUT2D eigenvalue weighted by Crippen LogP contribution is -2.62. The number of halogens is 1. The Hall–Kier alpha value is -3.07. The Morgan fingerprint density at radius 1 is 1.13 bits per heavy atom. The molecule has 3 heterocycles. The van der Waals surface area contributed by atoms with Crippen molar-refractivity contribution in [1.29, 1.82) is 0 Å². The fraction of sp³-hybridized carbons (Fsp3) is 0.455. The van der Waals surface area contributed by atoms with E-state index in [0.29, 0.717) is 22.9 Å². The number of aromatic nitrogens is 5. The van der Waals surface area contributed by atoms with Crippen molar-refractivity contribution in [1.82, 2.24) is 30.0 Å². The molecule has 0 bridgehead atoms. The van der Waals surface area contributed by atoms with Gasteiger partial charge in [-0.25, -0.2) is 9.97 Å². The first kappa shape index (κ1) is 21.2. The van der Waals surface area contributed by atoms with Crippen molar-refractivity contribution >= 4 is 5.95 Å². The molecule has 1 aliphatic heterocycles. The van der Waals surface area contributed by atoms with E-state index in [2.05, 4.69) is 58.1 Å². The van der Waals surface area contributed by atoms with Crippen molar-refractivity contribution in [2.45, 2.75) is 57.7 Å². The molecule has 8 nitrogen and oxygen atoms in total. The number of nitrogens with zero attached hydrogens (tertiary/aromatic N) is 6. The molecule has 1 aromatic carbocycles. The monoisotopic (exact) mass is 425 g/mol. The zero-order chi connectivity index (χ0) is 22.4. The third kappa shape index (κ3) is 4.51. The second kappa shape index (κ2) is 7.56. The molecule has 4 rings (SSSR count). The summed E-state index contributed by atoms with van der Waals surface area (Å²) in [5.74, 6) is -0.0308. The Labute approximate surface area is 181 Å². The summed E-state index contributed by atoms with van der Waals surface area (Å²) in [5.41, 5.74) is 1.58. The molecule has 1 aliphatic rings. The van der Waals surface area contributed by atoms with Gasteiger partial charge in [0.1, 0.15) is 17.8 Å². The highest BCUT2D eigenvalue weighted by atomic mass is 19.1. The van der Waals surface area contributed by atoms with Gasteiger partial charge in [-0.2, -0.15) is 4.39 Å². The van der Waals surface area contributed by atoms with E-state index in [0.717, 1.165) is 12.8 Å². The molecule has 1 saturated heterocycles. The van der Waals surface area contributed by atoms with Crippen LogP contribution in [0.1, 0.15) is 40.5 Å². The van der Waals surface area contributed by atoms with E-state index in [-0.39, 0.29) is 22.9 Å². The predicted octanol–water partition coefficient (Wildman–Crippen LogP) is 3.31. The van der Waals surface area contributed by atoms with Crippen molar-refractivity contribution in [3.8, 4) is 22.7 Å². The number of nitrogens with one attached hydrogen (secondary N) is 1. The molecular weight excluding hydrogens is 397 g/mol. The number of benzene rings is 1. The molecule has 31 heavy (non-hydrogen) atoms. The highest BCUT2D eigenvalue weighted by Crippen LogP contribution is 2.33. The molecule has 164 valence electrons. The smallest absolute Gasteiger partial charge is 0.245 e. The second-order valence-corrected chi connectivity index (χ2v) is 9.51. The van der Waals surface area contributed by atoms with Gasteiger partial charge in [-0.1, -0.05) is 0 Å². The second-order valence-electron chi connectivity index (χ2n) is 9.51. The topological polar surface area (TPSA) is 92.0 Å². The van der Waals surface area contributed by atoms with Gasteiger partial charge in [-0.15, -0.1) is 10.2 Å². The Bertz CT molecular complexity index is 1060. The van der Waals surface area contributed by atoms with E-state index in [4.69, 9.17) is 0 Å². The zero-order valence-electron chi connectivity index (χ0n) is 18.5. The molecule has 3 aromatic rings. The van der Waals surface area contributed by atoms with E-state index in [9.17, 15) is 9.50 Å². The van der Waals surface area contributed by atoms with Crippen LogP contribution in [0.5, 0.6) is 5.75 Å². The maximum Gasteiger partial charge on any atom is 0.245 e. The molecule has 0 amide bonds. The molecule has 0 saturated carbocycles. The fourth-order valence-electron chi connectivity index (χ4n) is 4.60. The lowest BCUT2D eigenvalue weighted by atomic mass is 9.79. The molecular formula is C22H28FN7O. The summed E-state index contributed by atoms with van der Waals surface area (Å²) in [6.45, 7) is 8.84. The minimum atomic E-state index is -0.584. The van der Waals surface area contributed by atoms with Crippen LogP contribution in [0.25, 0.3) is 16.9 Å².